The number of nitrogens with one attached hydrogen (secondary N) is 3. The number of aliphatic hydroxyl groups excluding tert-OH is 2. The number of aliphatic carboxylic acids is 1. The molecule has 8 N–H and O–H groups in total. The number of imidazole rings is 1. The maximum atomic E-state index is 13.1. The summed E-state index contributed by atoms with van der Waals surface area (Å²) in [4.78, 5) is 57.2. The lowest BCUT2D eigenvalue weighted by molar-refractivity contribution is -0.149. The Balaban J connectivity index is 2.20. The number of nitrogens with zero attached hydrogens (tertiary/aromatic N) is 2. The van der Waals surface area contributed by atoms with Crippen LogP contribution in [0.1, 0.15) is 25.5 Å². The number of hydrogen-bond acceptors (Lipinski definition) is 8. The zero-order valence-corrected chi connectivity index (χ0v) is 17.0. The zero-order valence-electron chi connectivity index (χ0n) is 17.0. The number of likely N-dealkylation sites (tertiary alicyclic amines) is 1. The molecule has 0 aromatic carbocycles. The number of rotatable bonds is 10. The molecule has 5 unspecified atom stereocenters. The Morgan fingerprint density at radius 3 is 2.58 bits per heavy atom. The molecule has 0 aliphatic carbocycles. The fourth-order valence-electron chi connectivity index (χ4n) is 3.31. The quantitative estimate of drug-likeness (QED) is 0.194. The van der Waals surface area contributed by atoms with E-state index >= 15 is 0 Å². The van der Waals surface area contributed by atoms with Gasteiger partial charge in [-0.25, -0.2) is 9.78 Å². The van der Waals surface area contributed by atoms with Gasteiger partial charge >= 0.3 is 5.97 Å². The summed E-state index contributed by atoms with van der Waals surface area (Å²) in [5.74, 6) is -3.46. The first-order valence-corrected chi connectivity index (χ1v) is 9.81. The largest absolute Gasteiger partial charge is 0.480 e. The number of carbonyl (C=O) groups is 4. The van der Waals surface area contributed by atoms with E-state index in [4.69, 9.17) is 10.8 Å². The number of H-pyrrole nitrogens is 1. The lowest BCUT2D eigenvalue weighted by Gasteiger charge is -2.29. The number of carboxylic acids is 1. The first-order chi connectivity index (χ1) is 14.6. The molecule has 1 aromatic heterocycles. The molecule has 0 radical (unpaired) electrons. The molecule has 0 bridgehead atoms. The van der Waals surface area contributed by atoms with Gasteiger partial charge in [-0.1, -0.05) is 0 Å². The SMILES string of the molecule is CC(O)C(NC(=O)C(N)CO)C(=O)NC(Cc1cnc[nH]1)C(=O)N1CCCC1C(=O)O. The molecule has 1 aromatic rings. The van der Waals surface area contributed by atoms with Crippen LogP contribution >= 0.6 is 0 Å². The number of hydrogen-bond donors (Lipinski definition) is 7. The predicted octanol–water partition coefficient (Wildman–Crippen LogP) is -3.30. The first kappa shape index (κ1) is 24.2. The van der Waals surface area contributed by atoms with Gasteiger partial charge in [0.05, 0.1) is 19.0 Å². The molecule has 0 saturated carbocycles. The third-order valence-corrected chi connectivity index (χ3v) is 5.01. The molecule has 1 fully saturated rings. The number of aliphatic hydroxyl groups is 2. The van der Waals surface area contributed by atoms with Crippen molar-refractivity contribution in [3.63, 3.8) is 0 Å². The molecule has 13 heteroatoms. The fourth-order valence-corrected chi connectivity index (χ4v) is 3.31. The minimum Gasteiger partial charge on any atom is -0.480 e. The van der Waals surface area contributed by atoms with E-state index in [1.807, 2.05) is 0 Å². The highest BCUT2D eigenvalue weighted by molar-refractivity contribution is 5.94. The van der Waals surface area contributed by atoms with E-state index in [0.29, 0.717) is 18.5 Å². The number of nitrogens with two attached hydrogens (primary N) is 1. The molecule has 1 aliphatic heterocycles. The van der Waals surface area contributed by atoms with Gasteiger partial charge in [-0.3, -0.25) is 14.4 Å². The first-order valence-electron chi connectivity index (χ1n) is 9.81. The van der Waals surface area contributed by atoms with E-state index in [-0.39, 0.29) is 13.0 Å². The van der Waals surface area contributed by atoms with Gasteiger partial charge in [0.15, 0.2) is 0 Å². The van der Waals surface area contributed by atoms with Crippen LogP contribution in [0, 0.1) is 0 Å². The standard InChI is InChI=1S/C18H28N6O7/c1-9(26)14(23-15(27)11(19)7-25)16(28)22-12(5-10-6-20-8-21-10)17(29)24-4-2-3-13(24)18(30)31/h6,8-9,11-14,25-26H,2-5,7,19H2,1H3,(H,20,21)(H,22,28)(H,23,27)(H,30,31). The number of aromatic amines is 1. The van der Waals surface area contributed by atoms with Gasteiger partial charge in [-0.2, -0.15) is 0 Å². The van der Waals surface area contributed by atoms with Crippen molar-refractivity contribution in [3.8, 4) is 0 Å². The Bertz CT molecular complexity index is 784. The van der Waals surface area contributed by atoms with Crippen LogP contribution in [0.4, 0.5) is 0 Å². The molecule has 3 amide bonds. The third-order valence-electron chi connectivity index (χ3n) is 5.01. The van der Waals surface area contributed by atoms with Crippen molar-refractivity contribution in [1.29, 1.82) is 0 Å². The van der Waals surface area contributed by atoms with Crippen molar-refractivity contribution in [2.75, 3.05) is 13.2 Å². The van der Waals surface area contributed by atoms with Crippen LogP contribution in [0.5, 0.6) is 0 Å². The molecule has 2 heterocycles. The Kier molecular flexibility index (Phi) is 8.47. The molecule has 172 valence electrons. The van der Waals surface area contributed by atoms with Crippen LogP contribution in [0.25, 0.3) is 0 Å². The van der Waals surface area contributed by atoms with Crippen LogP contribution < -0.4 is 16.4 Å². The maximum Gasteiger partial charge on any atom is 0.326 e. The van der Waals surface area contributed by atoms with E-state index in [0.717, 1.165) is 0 Å². The van der Waals surface area contributed by atoms with Crippen molar-refractivity contribution >= 4 is 23.7 Å². The van der Waals surface area contributed by atoms with E-state index in [9.17, 15) is 29.4 Å². The van der Waals surface area contributed by atoms with Crippen LogP contribution in [-0.2, 0) is 25.6 Å². The average molecular weight is 440 g/mol. The van der Waals surface area contributed by atoms with E-state index in [1.54, 1.807) is 0 Å². The fraction of sp³-hybridized carbons (Fsp3) is 0.611. The molecular formula is C18H28N6O7. The summed E-state index contributed by atoms with van der Waals surface area (Å²) in [6.45, 7) is 0.834. The van der Waals surface area contributed by atoms with Gasteiger partial charge in [0.2, 0.25) is 17.7 Å². The van der Waals surface area contributed by atoms with Crippen LogP contribution in [-0.4, -0.2) is 97.3 Å². The van der Waals surface area contributed by atoms with Crippen molar-refractivity contribution in [3.05, 3.63) is 18.2 Å². The van der Waals surface area contributed by atoms with Gasteiger partial charge in [0.25, 0.3) is 0 Å². The number of carboxylic acid groups (broad SMARTS) is 1. The number of carbonyl (C=O) groups excluding carboxylic acids is 3. The van der Waals surface area contributed by atoms with Crippen LogP contribution in [0.2, 0.25) is 0 Å². The maximum absolute atomic E-state index is 13.1. The van der Waals surface area contributed by atoms with Gasteiger partial charge in [-0.15, -0.1) is 0 Å². The highest BCUT2D eigenvalue weighted by Crippen LogP contribution is 2.19. The van der Waals surface area contributed by atoms with E-state index in [2.05, 4.69) is 20.6 Å². The summed E-state index contributed by atoms with van der Waals surface area (Å²) in [6, 6.07) is -4.91. The summed E-state index contributed by atoms with van der Waals surface area (Å²) in [7, 11) is 0. The normalized spacial score (nSPS) is 19.9. The molecule has 0 spiro atoms. The molecule has 5 atom stereocenters. The molecule has 2 rings (SSSR count). The van der Waals surface area contributed by atoms with Crippen molar-refractivity contribution in [2.45, 2.75) is 56.5 Å². The van der Waals surface area contributed by atoms with Gasteiger partial charge in [-0.05, 0) is 19.8 Å². The Labute approximate surface area is 178 Å². The van der Waals surface area contributed by atoms with E-state index < -0.39 is 60.6 Å². The molecule has 1 aliphatic rings. The van der Waals surface area contributed by atoms with Crippen molar-refractivity contribution in [2.24, 2.45) is 5.73 Å². The summed E-state index contributed by atoms with van der Waals surface area (Å²) in [5, 5.41) is 33.1. The van der Waals surface area contributed by atoms with Gasteiger partial charge < -0.3 is 41.6 Å². The molecule has 1 saturated heterocycles. The number of aromatic nitrogens is 2. The summed E-state index contributed by atoms with van der Waals surface area (Å²) in [5.41, 5.74) is 5.95. The molecule has 13 nitrogen and oxygen atoms in total. The van der Waals surface area contributed by atoms with Crippen molar-refractivity contribution < 1.29 is 34.5 Å². The number of amides is 3. The Morgan fingerprint density at radius 2 is 2.03 bits per heavy atom. The molecular weight excluding hydrogens is 412 g/mol. The Hall–Kier alpha value is -3.03. The van der Waals surface area contributed by atoms with Gasteiger partial charge in [0, 0.05) is 24.9 Å². The third kappa shape index (κ3) is 6.23. The summed E-state index contributed by atoms with van der Waals surface area (Å²) in [6.07, 6.45) is 2.32. The lowest BCUT2D eigenvalue weighted by Crippen LogP contribution is -2.60. The topological polar surface area (TPSA) is 211 Å². The monoisotopic (exact) mass is 440 g/mol. The van der Waals surface area contributed by atoms with Crippen molar-refractivity contribution in [1.82, 2.24) is 25.5 Å². The molecule has 31 heavy (non-hydrogen) atoms. The predicted molar refractivity (Wildman–Crippen MR) is 105 cm³/mol. The minimum atomic E-state index is -1.45. The second kappa shape index (κ2) is 10.8. The lowest BCUT2D eigenvalue weighted by atomic mass is 10.1. The van der Waals surface area contributed by atoms with E-state index in [1.165, 1.54) is 24.3 Å². The highest BCUT2D eigenvalue weighted by atomic mass is 16.4. The minimum absolute atomic E-state index is 0.00988. The van der Waals surface area contributed by atoms with Gasteiger partial charge in [0.1, 0.15) is 24.2 Å². The second-order valence-electron chi connectivity index (χ2n) is 7.39. The Morgan fingerprint density at radius 1 is 1.32 bits per heavy atom. The summed E-state index contributed by atoms with van der Waals surface area (Å²) >= 11 is 0. The second-order valence-corrected chi connectivity index (χ2v) is 7.39. The highest BCUT2D eigenvalue weighted by Gasteiger charge is 2.39. The van der Waals surface area contributed by atoms with Crippen LogP contribution in [0.15, 0.2) is 12.5 Å². The summed E-state index contributed by atoms with van der Waals surface area (Å²) < 4.78 is 0. The smallest absolute Gasteiger partial charge is 0.326 e. The average Bonchev–Trinajstić information content (AvgIpc) is 3.41. The van der Waals surface area contributed by atoms with Crippen LogP contribution in [0.3, 0.4) is 0 Å². The zero-order chi connectivity index (χ0) is 23.1.